The average molecular weight is 608 g/mol. The quantitative estimate of drug-likeness (QED) is 0.442. The predicted octanol–water partition coefficient (Wildman–Crippen LogP) is 4.04. The molecule has 2 heterocycles. The zero-order chi connectivity index (χ0) is 24.6. The summed E-state index contributed by atoms with van der Waals surface area (Å²) in [6.07, 6.45) is 1.73. The van der Waals surface area contributed by atoms with Crippen molar-refractivity contribution >= 4 is 55.2 Å². The van der Waals surface area contributed by atoms with Crippen molar-refractivity contribution in [1.82, 2.24) is 4.57 Å². The molecule has 176 valence electrons. The molecule has 0 bridgehead atoms. The summed E-state index contributed by atoms with van der Waals surface area (Å²) in [7, 11) is 1.58. The number of aromatic nitrogens is 1. The molecule has 3 aromatic rings. The molecule has 0 aliphatic carbocycles. The second-order valence-corrected chi connectivity index (χ2v) is 10.1. The Hall–Kier alpha value is -2.69. The van der Waals surface area contributed by atoms with Crippen molar-refractivity contribution in [2.24, 2.45) is 4.99 Å². The van der Waals surface area contributed by atoms with Crippen molar-refractivity contribution < 1.29 is 19.4 Å². The van der Waals surface area contributed by atoms with E-state index in [1.807, 2.05) is 12.1 Å². The first-order valence-corrected chi connectivity index (χ1v) is 12.7. The van der Waals surface area contributed by atoms with Gasteiger partial charge in [-0.1, -0.05) is 23.5 Å². The van der Waals surface area contributed by atoms with Crippen LogP contribution in [0.25, 0.3) is 6.08 Å². The third-order valence-electron chi connectivity index (χ3n) is 5.29. The molecule has 34 heavy (non-hydrogen) atoms. The number of rotatable bonds is 5. The first-order valence-electron chi connectivity index (χ1n) is 10.3. The van der Waals surface area contributed by atoms with Crippen LogP contribution in [0.1, 0.15) is 31.0 Å². The molecule has 0 radical (unpaired) electrons. The van der Waals surface area contributed by atoms with E-state index >= 15 is 0 Å². The highest BCUT2D eigenvalue weighted by molar-refractivity contribution is 9.11. The van der Waals surface area contributed by atoms with Crippen molar-refractivity contribution in [1.29, 1.82) is 0 Å². The van der Waals surface area contributed by atoms with E-state index in [0.29, 0.717) is 40.9 Å². The number of aromatic hydroxyl groups is 1. The summed E-state index contributed by atoms with van der Waals surface area (Å²) in [5.41, 5.74) is 1.99. The van der Waals surface area contributed by atoms with Crippen molar-refractivity contribution in [3.05, 3.63) is 87.4 Å². The fraction of sp³-hybridized carbons (Fsp3) is 0.208. The van der Waals surface area contributed by atoms with E-state index in [-0.39, 0.29) is 17.9 Å². The molecule has 1 N–H and O–H groups in total. The predicted molar refractivity (Wildman–Crippen MR) is 137 cm³/mol. The van der Waals surface area contributed by atoms with Gasteiger partial charge in [-0.25, -0.2) is 9.79 Å². The van der Waals surface area contributed by atoms with Gasteiger partial charge in [0.1, 0.15) is 11.5 Å². The number of phenols is 1. The van der Waals surface area contributed by atoms with Gasteiger partial charge < -0.3 is 14.6 Å². The topological polar surface area (TPSA) is 90.1 Å². The average Bonchev–Trinajstić information content (AvgIpc) is 3.11. The number of thiazole rings is 1. The number of hydrogen-bond acceptors (Lipinski definition) is 7. The van der Waals surface area contributed by atoms with Gasteiger partial charge in [-0.05, 0) is 87.2 Å². The lowest BCUT2D eigenvalue weighted by Gasteiger charge is -2.24. The third kappa shape index (κ3) is 4.49. The Bertz CT molecular complexity index is 1470. The van der Waals surface area contributed by atoms with E-state index < -0.39 is 12.0 Å². The Morgan fingerprint density at radius 1 is 1.24 bits per heavy atom. The molecule has 2 aromatic carbocycles. The molecule has 0 saturated carbocycles. The normalized spacial score (nSPS) is 15.7. The van der Waals surface area contributed by atoms with Gasteiger partial charge in [0.2, 0.25) is 0 Å². The van der Waals surface area contributed by atoms with E-state index in [0.717, 1.165) is 5.56 Å². The number of esters is 1. The number of benzene rings is 2. The minimum Gasteiger partial charge on any atom is -0.506 e. The number of carbonyl (C=O) groups excluding carboxylic acids is 1. The molecule has 1 aliphatic heterocycles. The third-order valence-corrected chi connectivity index (χ3v) is 7.48. The van der Waals surface area contributed by atoms with Gasteiger partial charge in [0.15, 0.2) is 4.80 Å². The molecule has 0 unspecified atom stereocenters. The fourth-order valence-corrected chi connectivity index (χ4v) is 5.98. The highest BCUT2D eigenvalue weighted by Gasteiger charge is 2.33. The molecule has 4 rings (SSSR count). The van der Waals surface area contributed by atoms with Gasteiger partial charge in [0.05, 0.1) is 44.5 Å². The number of nitrogens with zero attached hydrogens (tertiary/aromatic N) is 2. The van der Waals surface area contributed by atoms with Crippen molar-refractivity contribution in [3.63, 3.8) is 0 Å². The van der Waals surface area contributed by atoms with Gasteiger partial charge in [-0.15, -0.1) is 0 Å². The molecule has 1 aliphatic rings. The molecule has 7 nitrogen and oxygen atoms in total. The number of hydrogen-bond donors (Lipinski definition) is 1. The molecule has 1 aromatic heterocycles. The standard InChI is InChI=1S/C24H20Br2N2O5S/c1-4-33-23(31)19-12(2)27-24-28(20(19)14-5-7-15(32-3)8-6-14)22(30)18(34-24)11-13-9-16(25)21(29)17(26)10-13/h5-11,20,29H,4H2,1-3H3/b18-11+/t20-/m1/s1. The SMILES string of the molecule is CCOC(=O)C1=C(C)N=c2s/c(=C/c3cc(Br)c(O)c(Br)c3)c(=O)n2[C@@H]1c1ccc(OC)cc1. The maximum atomic E-state index is 13.6. The highest BCUT2D eigenvalue weighted by atomic mass is 79.9. The Morgan fingerprint density at radius 2 is 1.88 bits per heavy atom. The van der Waals surface area contributed by atoms with Crippen LogP contribution in [-0.2, 0) is 9.53 Å². The van der Waals surface area contributed by atoms with Crippen LogP contribution in [-0.4, -0.2) is 29.4 Å². The Labute approximate surface area is 215 Å². The Morgan fingerprint density at radius 3 is 2.47 bits per heavy atom. The maximum absolute atomic E-state index is 13.6. The minimum absolute atomic E-state index is 0.0767. The highest BCUT2D eigenvalue weighted by Crippen LogP contribution is 2.34. The number of ether oxygens (including phenoxy) is 2. The van der Waals surface area contributed by atoms with Crippen LogP contribution in [0.2, 0.25) is 0 Å². The summed E-state index contributed by atoms with van der Waals surface area (Å²) in [4.78, 5) is 31.6. The lowest BCUT2D eigenvalue weighted by molar-refractivity contribution is -0.139. The largest absolute Gasteiger partial charge is 0.506 e. The number of fused-ring (bicyclic) bond motifs is 1. The summed E-state index contributed by atoms with van der Waals surface area (Å²) in [6.45, 7) is 3.69. The summed E-state index contributed by atoms with van der Waals surface area (Å²) >= 11 is 7.87. The van der Waals surface area contributed by atoms with Crippen molar-refractivity contribution in [2.75, 3.05) is 13.7 Å². The zero-order valence-electron chi connectivity index (χ0n) is 18.5. The molecule has 0 fully saturated rings. The van der Waals surface area contributed by atoms with Gasteiger partial charge in [0, 0.05) is 0 Å². The van der Waals surface area contributed by atoms with Gasteiger partial charge in [0.25, 0.3) is 5.56 Å². The van der Waals surface area contributed by atoms with Crippen LogP contribution in [0.4, 0.5) is 0 Å². The van der Waals surface area contributed by atoms with E-state index in [2.05, 4.69) is 36.9 Å². The fourth-order valence-electron chi connectivity index (χ4n) is 3.71. The molecule has 0 amide bonds. The van der Waals surface area contributed by atoms with Crippen LogP contribution in [0.15, 0.2) is 66.4 Å². The van der Waals surface area contributed by atoms with Crippen LogP contribution in [0, 0.1) is 0 Å². The van der Waals surface area contributed by atoms with Crippen molar-refractivity contribution in [3.8, 4) is 11.5 Å². The second-order valence-electron chi connectivity index (χ2n) is 7.41. The van der Waals surface area contributed by atoms with E-state index in [4.69, 9.17) is 9.47 Å². The monoisotopic (exact) mass is 606 g/mol. The lowest BCUT2D eigenvalue weighted by atomic mass is 9.96. The van der Waals surface area contributed by atoms with Crippen LogP contribution < -0.4 is 19.6 Å². The summed E-state index contributed by atoms with van der Waals surface area (Å²) in [6, 6.07) is 9.97. The number of carbonyl (C=O) groups is 1. The molecule has 10 heteroatoms. The van der Waals surface area contributed by atoms with Gasteiger partial charge in [-0.3, -0.25) is 9.36 Å². The van der Waals surface area contributed by atoms with Crippen LogP contribution >= 0.6 is 43.2 Å². The van der Waals surface area contributed by atoms with Gasteiger partial charge in [-0.2, -0.15) is 0 Å². The summed E-state index contributed by atoms with van der Waals surface area (Å²) < 4.78 is 13.5. The Kier molecular flexibility index (Phi) is 7.11. The van der Waals surface area contributed by atoms with Crippen molar-refractivity contribution in [2.45, 2.75) is 19.9 Å². The number of methoxy groups -OCH3 is 1. The number of phenolic OH excluding ortho intramolecular Hbond substituents is 1. The summed E-state index contributed by atoms with van der Waals surface area (Å²) in [5, 5.41) is 9.99. The number of halogens is 2. The van der Waals surface area contributed by atoms with E-state index in [1.54, 1.807) is 51.3 Å². The van der Waals surface area contributed by atoms with E-state index in [9.17, 15) is 14.7 Å². The molecular formula is C24H20Br2N2O5S. The first-order chi connectivity index (χ1) is 16.2. The Balaban J connectivity index is 1.95. The minimum atomic E-state index is -0.693. The zero-order valence-corrected chi connectivity index (χ0v) is 22.5. The molecule has 0 spiro atoms. The van der Waals surface area contributed by atoms with Gasteiger partial charge >= 0.3 is 5.97 Å². The molecular weight excluding hydrogens is 588 g/mol. The smallest absolute Gasteiger partial charge is 0.338 e. The van der Waals surface area contributed by atoms with Crippen LogP contribution in [0.3, 0.4) is 0 Å². The second kappa shape index (κ2) is 9.89. The summed E-state index contributed by atoms with van der Waals surface area (Å²) in [5.74, 6) is 0.232. The lowest BCUT2D eigenvalue weighted by Crippen LogP contribution is -2.39. The van der Waals surface area contributed by atoms with E-state index in [1.165, 1.54) is 15.9 Å². The first kappa shape index (κ1) is 24.4. The molecule has 1 atom stereocenters. The van der Waals surface area contributed by atoms with Crippen LogP contribution in [0.5, 0.6) is 11.5 Å². The maximum Gasteiger partial charge on any atom is 0.338 e. The number of allylic oxidation sites excluding steroid dienone is 1. The molecule has 0 saturated heterocycles.